The van der Waals surface area contributed by atoms with Gasteiger partial charge in [-0.3, -0.25) is 9.59 Å². The van der Waals surface area contributed by atoms with Gasteiger partial charge in [0.15, 0.2) is 6.10 Å². The predicted molar refractivity (Wildman–Crippen MR) is 97.6 cm³/mol. The standard InChI is InChI=1S/C21H22N2O3/c1-13-6-8-18-15(10-13)7-9-19(26-18)21(25)23-12-16-5-3-2-4-14(16)11-17(23)20(22)24/h2-6,8,10,17,19H,7,9,11-12H2,1H3,(H2,22,24)/t17-,19?/m0/s1. The van der Waals surface area contributed by atoms with E-state index in [1.165, 1.54) is 5.56 Å². The Bertz CT molecular complexity index is 877. The maximum atomic E-state index is 13.1. The van der Waals surface area contributed by atoms with Crippen LogP contribution in [0.4, 0.5) is 0 Å². The van der Waals surface area contributed by atoms with Crippen molar-refractivity contribution in [3.05, 3.63) is 64.7 Å². The van der Waals surface area contributed by atoms with Gasteiger partial charge < -0.3 is 15.4 Å². The second kappa shape index (κ2) is 6.48. The van der Waals surface area contributed by atoms with Crippen LogP contribution in [-0.2, 0) is 29.0 Å². The van der Waals surface area contributed by atoms with Crippen LogP contribution in [0.2, 0.25) is 0 Å². The van der Waals surface area contributed by atoms with Crippen LogP contribution in [0.5, 0.6) is 5.75 Å². The second-order valence-corrected chi connectivity index (χ2v) is 7.11. The van der Waals surface area contributed by atoms with E-state index in [1.807, 2.05) is 43.3 Å². The minimum absolute atomic E-state index is 0.158. The number of nitrogens with zero attached hydrogens (tertiary/aromatic N) is 1. The highest BCUT2D eigenvalue weighted by atomic mass is 16.5. The van der Waals surface area contributed by atoms with Crippen LogP contribution < -0.4 is 10.5 Å². The third-order valence-corrected chi connectivity index (χ3v) is 5.30. The van der Waals surface area contributed by atoms with Crippen molar-refractivity contribution in [1.29, 1.82) is 0 Å². The first kappa shape index (κ1) is 16.6. The van der Waals surface area contributed by atoms with Crippen LogP contribution in [-0.4, -0.2) is 28.9 Å². The number of carbonyl (C=O) groups excluding carboxylic acids is 2. The van der Waals surface area contributed by atoms with Crippen molar-refractivity contribution in [3.63, 3.8) is 0 Å². The minimum Gasteiger partial charge on any atom is -0.480 e. The number of rotatable bonds is 2. The highest BCUT2D eigenvalue weighted by Crippen LogP contribution is 2.31. The number of primary amides is 1. The van der Waals surface area contributed by atoms with Crippen molar-refractivity contribution < 1.29 is 14.3 Å². The van der Waals surface area contributed by atoms with Crippen molar-refractivity contribution in [2.24, 2.45) is 5.73 Å². The summed E-state index contributed by atoms with van der Waals surface area (Å²) in [6, 6.07) is 13.2. The highest BCUT2D eigenvalue weighted by molar-refractivity contribution is 5.89. The molecule has 2 atom stereocenters. The van der Waals surface area contributed by atoms with E-state index < -0.39 is 18.1 Å². The molecule has 0 saturated heterocycles. The first-order chi connectivity index (χ1) is 12.5. The van der Waals surface area contributed by atoms with Crippen molar-refractivity contribution in [3.8, 4) is 5.75 Å². The smallest absolute Gasteiger partial charge is 0.264 e. The van der Waals surface area contributed by atoms with E-state index in [9.17, 15) is 9.59 Å². The molecule has 0 spiro atoms. The summed E-state index contributed by atoms with van der Waals surface area (Å²) in [5.41, 5.74) is 10.0. The molecular weight excluding hydrogens is 328 g/mol. The third kappa shape index (κ3) is 2.94. The maximum absolute atomic E-state index is 13.1. The van der Waals surface area contributed by atoms with Crippen LogP contribution in [0.1, 0.15) is 28.7 Å². The van der Waals surface area contributed by atoms with Gasteiger partial charge in [0.25, 0.3) is 5.91 Å². The summed E-state index contributed by atoms with van der Waals surface area (Å²) < 4.78 is 5.97. The second-order valence-electron chi connectivity index (χ2n) is 7.11. The van der Waals surface area contributed by atoms with Gasteiger partial charge in [0, 0.05) is 13.0 Å². The molecule has 2 aromatic carbocycles. The molecule has 134 valence electrons. The molecular formula is C21H22N2O3. The monoisotopic (exact) mass is 350 g/mol. The predicted octanol–water partition coefficient (Wildman–Crippen LogP) is 2.13. The molecule has 0 radical (unpaired) electrons. The number of nitrogens with two attached hydrogens (primary N) is 1. The lowest BCUT2D eigenvalue weighted by Gasteiger charge is -2.38. The summed E-state index contributed by atoms with van der Waals surface area (Å²) in [6.45, 7) is 2.43. The summed E-state index contributed by atoms with van der Waals surface area (Å²) in [5.74, 6) is 0.127. The summed E-state index contributed by atoms with van der Waals surface area (Å²) in [4.78, 5) is 26.7. The number of hydrogen-bond donors (Lipinski definition) is 1. The first-order valence-corrected chi connectivity index (χ1v) is 8.95. The molecule has 5 nitrogen and oxygen atoms in total. The number of benzene rings is 2. The molecule has 0 bridgehead atoms. The average molecular weight is 350 g/mol. The van der Waals surface area contributed by atoms with E-state index in [0.717, 1.165) is 28.9 Å². The largest absolute Gasteiger partial charge is 0.480 e. The Kier molecular flexibility index (Phi) is 4.15. The minimum atomic E-state index is -0.625. The zero-order chi connectivity index (χ0) is 18.3. The lowest BCUT2D eigenvalue weighted by Crippen LogP contribution is -2.55. The van der Waals surface area contributed by atoms with Gasteiger partial charge in [-0.05, 0) is 42.5 Å². The van der Waals surface area contributed by atoms with Crippen LogP contribution in [0, 0.1) is 6.92 Å². The molecule has 0 fully saturated rings. The molecule has 0 saturated carbocycles. The van der Waals surface area contributed by atoms with Gasteiger partial charge in [-0.25, -0.2) is 0 Å². The molecule has 2 aromatic rings. The molecule has 4 rings (SSSR count). The molecule has 1 unspecified atom stereocenters. The molecule has 2 amide bonds. The van der Waals surface area contributed by atoms with E-state index in [2.05, 4.69) is 6.07 Å². The van der Waals surface area contributed by atoms with Crippen molar-refractivity contribution >= 4 is 11.8 Å². The normalized spacial score (nSPS) is 21.3. The Morgan fingerprint density at radius 2 is 1.88 bits per heavy atom. The number of hydrogen-bond acceptors (Lipinski definition) is 3. The quantitative estimate of drug-likeness (QED) is 0.902. The summed E-state index contributed by atoms with van der Waals surface area (Å²) in [7, 11) is 0. The number of amides is 2. The Morgan fingerprint density at radius 3 is 2.65 bits per heavy atom. The SMILES string of the molecule is Cc1ccc2c(c1)CCC(C(=O)N1Cc3ccccc3C[C@H]1C(N)=O)O2. The van der Waals surface area contributed by atoms with E-state index in [1.54, 1.807) is 4.90 Å². The number of fused-ring (bicyclic) bond motifs is 2. The van der Waals surface area contributed by atoms with E-state index in [-0.39, 0.29) is 5.91 Å². The molecule has 0 aromatic heterocycles. The fourth-order valence-electron chi connectivity index (χ4n) is 3.88. The Labute approximate surface area is 152 Å². The Morgan fingerprint density at radius 1 is 1.12 bits per heavy atom. The number of aryl methyl sites for hydroxylation is 2. The molecule has 2 N–H and O–H groups in total. The zero-order valence-electron chi connectivity index (χ0n) is 14.8. The average Bonchev–Trinajstić information content (AvgIpc) is 2.65. The van der Waals surface area contributed by atoms with Crippen LogP contribution in [0.25, 0.3) is 0 Å². The fourth-order valence-corrected chi connectivity index (χ4v) is 3.88. The van der Waals surface area contributed by atoms with Gasteiger partial charge in [0.1, 0.15) is 11.8 Å². The van der Waals surface area contributed by atoms with Gasteiger partial charge in [0.2, 0.25) is 5.91 Å². The molecule has 2 heterocycles. The molecule has 0 aliphatic carbocycles. The van der Waals surface area contributed by atoms with E-state index >= 15 is 0 Å². The van der Waals surface area contributed by atoms with Crippen LogP contribution in [0.15, 0.2) is 42.5 Å². The Balaban J connectivity index is 1.59. The van der Waals surface area contributed by atoms with Crippen molar-refractivity contribution in [2.75, 3.05) is 0 Å². The topological polar surface area (TPSA) is 72.6 Å². The lowest BCUT2D eigenvalue weighted by atomic mass is 9.92. The summed E-state index contributed by atoms with van der Waals surface area (Å²) in [6.07, 6.45) is 1.29. The van der Waals surface area contributed by atoms with Crippen molar-refractivity contribution in [2.45, 2.75) is 44.9 Å². The number of carbonyl (C=O) groups is 2. The van der Waals surface area contributed by atoms with E-state index in [4.69, 9.17) is 10.5 Å². The third-order valence-electron chi connectivity index (χ3n) is 5.30. The lowest BCUT2D eigenvalue weighted by molar-refractivity contribution is -0.147. The van der Waals surface area contributed by atoms with Gasteiger partial charge in [-0.1, -0.05) is 42.0 Å². The summed E-state index contributed by atoms with van der Waals surface area (Å²) >= 11 is 0. The van der Waals surface area contributed by atoms with E-state index in [0.29, 0.717) is 19.4 Å². The molecule has 2 aliphatic heterocycles. The van der Waals surface area contributed by atoms with Crippen LogP contribution >= 0.6 is 0 Å². The highest BCUT2D eigenvalue weighted by Gasteiger charge is 2.38. The molecule has 26 heavy (non-hydrogen) atoms. The van der Waals surface area contributed by atoms with Gasteiger partial charge in [0.05, 0.1) is 0 Å². The van der Waals surface area contributed by atoms with Gasteiger partial charge >= 0.3 is 0 Å². The molecule has 5 heteroatoms. The van der Waals surface area contributed by atoms with Crippen molar-refractivity contribution in [1.82, 2.24) is 4.90 Å². The molecule has 2 aliphatic rings. The van der Waals surface area contributed by atoms with Gasteiger partial charge in [-0.15, -0.1) is 0 Å². The summed E-state index contributed by atoms with van der Waals surface area (Å²) in [5, 5.41) is 0. The maximum Gasteiger partial charge on any atom is 0.264 e. The van der Waals surface area contributed by atoms with Gasteiger partial charge in [-0.2, -0.15) is 0 Å². The number of ether oxygens (including phenoxy) is 1. The van der Waals surface area contributed by atoms with Crippen LogP contribution in [0.3, 0.4) is 0 Å². The first-order valence-electron chi connectivity index (χ1n) is 8.95. The Hall–Kier alpha value is -2.82. The fraction of sp³-hybridized carbons (Fsp3) is 0.333. The zero-order valence-corrected chi connectivity index (χ0v) is 14.8.